The van der Waals surface area contributed by atoms with Crippen LogP contribution in [0.2, 0.25) is 0 Å². The molecular weight excluding hydrogens is 440 g/mol. The van der Waals surface area contributed by atoms with Crippen molar-refractivity contribution in [3.8, 4) is 0 Å². The number of hydrogen-bond acceptors (Lipinski definition) is 6. The average molecular weight is 467 g/mol. The fourth-order valence-corrected chi connectivity index (χ4v) is 5.31. The predicted molar refractivity (Wildman–Crippen MR) is 129 cm³/mol. The first-order valence-electron chi connectivity index (χ1n) is 10.9. The maximum absolute atomic E-state index is 6.35. The van der Waals surface area contributed by atoms with Gasteiger partial charge in [0, 0.05) is 37.3 Å². The summed E-state index contributed by atoms with van der Waals surface area (Å²) in [5.41, 5.74) is 0.961. The number of nitrogens with one attached hydrogen (secondary N) is 1. The van der Waals surface area contributed by atoms with Crippen molar-refractivity contribution in [2.75, 3.05) is 39.4 Å². The van der Waals surface area contributed by atoms with Crippen molar-refractivity contribution in [2.24, 2.45) is 0 Å². The van der Waals surface area contributed by atoms with Gasteiger partial charge in [-0.15, -0.1) is 0 Å². The highest BCUT2D eigenvalue weighted by molar-refractivity contribution is 7.99. The van der Waals surface area contributed by atoms with E-state index in [1.807, 2.05) is 48.7 Å². The number of aromatic nitrogens is 1. The van der Waals surface area contributed by atoms with E-state index < -0.39 is 0 Å². The molecule has 0 bridgehead atoms. The SMILES string of the molecule is S=C1N[C@@H](c2ccccn2)[C@@H](c2ccc(Sc3ccccc3)o2)N1CCN1CCOCC1. The Hall–Kier alpha value is -2.39. The third-order valence-corrected chi connectivity index (χ3v) is 7.09. The van der Waals surface area contributed by atoms with E-state index in [-0.39, 0.29) is 12.1 Å². The number of hydrogen-bond donors (Lipinski definition) is 1. The van der Waals surface area contributed by atoms with Crippen molar-refractivity contribution in [1.82, 2.24) is 20.1 Å². The lowest BCUT2D eigenvalue weighted by Gasteiger charge is -2.31. The molecule has 2 atom stereocenters. The van der Waals surface area contributed by atoms with Gasteiger partial charge < -0.3 is 19.4 Å². The second-order valence-corrected chi connectivity index (χ2v) is 9.31. The standard InChI is InChI=1S/C24H26N4O2S2/c31-24-26-22(19-8-4-5-11-25-19)23(28(24)13-12-27-14-16-29-17-15-27)20-9-10-21(30-20)32-18-6-2-1-3-7-18/h1-11,22-23H,12-17H2,(H,26,31)/t22-,23+/m0/s1. The van der Waals surface area contributed by atoms with Crippen molar-refractivity contribution in [3.63, 3.8) is 0 Å². The van der Waals surface area contributed by atoms with Crippen LogP contribution in [0.1, 0.15) is 23.5 Å². The predicted octanol–water partition coefficient (Wildman–Crippen LogP) is 4.13. The summed E-state index contributed by atoms with van der Waals surface area (Å²) in [5.74, 6) is 0.897. The molecule has 2 aromatic heterocycles. The number of rotatable bonds is 7. The van der Waals surface area contributed by atoms with E-state index in [1.54, 1.807) is 11.8 Å². The highest BCUT2D eigenvalue weighted by Crippen LogP contribution is 2.41. The second-order valence-electron chi connectivity index (χ2n) is 7.85. The van der Waals surface area contributed by atoms with E-state index in [2.05, 4.69) is 38.3 Å². The largest absolute Gasteiger partial charge is 0.452 e. The van der Waals surface area contributed by atoms with Crippen LogP contribution in [0, 0.1) is 0 Å². The average Bonchev–Trinajstić information content (AvgIpc) is 3.43. The normalized spacial score (nSPS) is 21.6. The lowest BCUT2D eigenvalue weighted by molar-refractivity contribution is 0.0347. The van der Waals surface area contributed by atoms with Gasteiger partial charge in [-0.25, -0.2) is 0 Å². The molecule has 0 spiro atoms. The lowest BCUT2D eigenvalue weighted by Crippen LogP contribution is -2.42. The molecule has 2 aliphatic heterocycles. The van der Waals surface area contributed by atoms with Gasteiger partial charge in [-0.2, -0.15) is 0 Å². The van der Waals surface area contributed by atoms with E-state index in [0.717, 1.165) is 65.9 Å². The Labute approximate surface area is 197 Å². The van der Waals surface area contributed by atoms with E-state index in [1.165, 1.54) is 0 Å². The summed E-state index contributed by atoms with van der Waals surface area (Å²) in [5, 5.41) is 5.12. The summed E-state index contributed by atoms with van der Waals surface area (Å²) in [6.07, 6.45) is 1.83. The van der Waals surface area contributed by atoms with Crippen LogP contribution < -0.4 is 5.32 Å². The van der Waals surface area contributed by atoms with Gasteiger partial charge in [-0.1, -0.05) is 36.0 Å². The highest BCUT2D eigenvalue weighted by Gasteiger charge is 2.41. The molecule has 0 radical (unpaired) electrons. The van der Waals surface area contributed by atoms with Crippen molar-refractivity contribution in [3.05, 3.63) is 78.3 Å². The Kier molecular flexibility index (Phi) is 6.73. The van der Waals surface area contributed by atoms with Gasteiger partial charge in [0.25, 0.3) is 0 Å². The molecule has 2 fully saturated rings. The maximum Gasteiger partial charge on any atom is 0.170 e. The van der Waals surface area contributed by atoms with Crippen LogP contribution in [0.5, 0.6) is 0 Å². The summed E-state index contributed by atoms with van der Waals surface area (Å²) in [7, 11) is 0. The van der Waals surface area contributed by atoms with Crippen molar-refractivity contribution >= 4 is 29.1 Å². The highest BCUT2D eigenvalue weighted by atomic mass is 32.2. The first kappa shape index (κ1) is 21.5. The molecule has 32 heavy (non-hydrogen) atoms. The first-order chi connectivity index (χ1) is 15.8. The first-order valence-corrected chi connectivity index (χ1v) is 12.1. The Morgan fingerprint density at radius 3 is 2.59 bits per heavy atom. The molecule has 2 saturated heterocycles. The molecule has 4 heterocycles. The molecule has 0 unspecified atom stereocenters. The smallest absolute Gasteiger partial charge is 0.170 e. The van der Waals surface area contributed by atoms with Gasteiger partial charge in [-0.3, -0.25) is 9.88 Å². The number of nitrogens with zero attached hydrogens (tertiary/aromatic N) is 3. The van der Waals surface area contributed by atoms with Gasteiger partial charge >= 0.3 is 0 Å². The van der Waals surface area contributed by atoms with Gasteiger partial charge in [0.1, 0.15) is 11.8 Å². The zero-order valence-electron chi connectivity index (χ0n) is 17.7. The van der Waals surface area contributed by atoms with Crippen molar-refractivity contribution in [1.29, 1.82) is 0 Å². The molecule has 8 heteroatoms. The van der Waals surface area contributed by atoms with Gasteiger partial charge in [-0.05, 0) is 48.6 Å². The molecule has 0 amide bonds. The quantitative estimate of drug-likeness (QED) is 0.522. The zero-order chi connectivity index (χ0) is 21.8. The monoisotopic (exact) mass is 466 g/mol. The van der Waals surface area contributed by atoms with Crippen molar-refractivity contribution < 1.29 is 9.15 Å². The Balaban J connectivity index is 1.39. The minimum Gasteiger partial charge on any atom is -0.452 e. The summed E-state index contributed by atoms with van der Waals surface area (Å²) in [6.45, 7) is 5.26. The second kappa shape index (κ2) is 10.0. The lowest BCUT2D eigenvalue weighted by atomic mass is 10.0. The maximum atomic E-state index is 6.35. The number of benzene rings is 1. The zero-order valence-corrected chi connectivity index (χ0v) is 19.4. The van der Waals surface area contributed by atoms with Crippen LogP contribution in [0.15, 0.2) is 81.3 Å². The molecule has 1 aromatic carbocycles. The van der Waals surface area contributed by atoms with Crippen LogP contribution in [-0.4, -0.2) is 59.3 Å². The fraction of sp³-hybridized carbons (Fsp3) is 0.333. The molecule has 1 N–H and O–H groups in total. The molecule has 166 valence electrons. The number of ether oxygens (including phenoxy) is 1. The van der Waals surface area contributed by atoms with Crippen LogP contribution in [0.3, 0.4) is 0 Å². The molecule has 0 saturated carbocycles. The van der Waals surface area contributed by atoms with Gasteiger partial charge in [0.15, 0.2) is 10.2 Å². The van der Waals surface area contributed by atoms with Gasteiger partial charge in [0.2, 0.25) is 0 Å². The third kappa shape index (κ3) is 4.83. The molecule has 0 aliphatic carbocycles. The number of morpholine rings is 1. The van der Waals surface area contributed by atoms with Crippen LogP contribution >= 0.6 is 24.0 Å². The fourth-order valence-electron chi connectivity index (χ4n) is 4.18. The molecule has 6 nitrogen and oxygen atoms in total. The topological polar surface area (TPSA) is 53.8 Å². The number of pyridine rings is 1. The third-order valence-electron chi connectivity index (χ3n) is 5.81. The van der Waals surface area contributed by atoms with Crippen LogP contribution in [0.4, 0.5) is 0 Å². The minimum atomic E-state index is -0.0610. The number of thiocarbonyl (C=S) groups is 1. The Morgan fingerprint density at radius 2 is 1.81 bits per heavy atom. The molecule has 5 rings (SSSR count). The van der Waals surface area contributed by atoms with Crippen LogP contribution in [0.25, 0.3) is 0 Å². The number of furan rings is 1. The van der Waals surface area contributed by atoms with E-state index in [4.69, 9.17) is 21.4 Å². The van der Waals surface area contributed by atoms with E-state index in [9.17, 15) is 0 Å². The molecule has 2 aliphatic rings. The Bertz CT molecular complexity index is 1020. The van der Waals surface area contributed by atoms with Gasteiger partial charge in [0.05, 0.1) is 24.9 Å². The summed E-state index contributed by atoms with van der Waals surface area (Å²) in [4.78, 5) is 10.4. The Morgan fingerprint density at radius 1 is 1.00 bits per heavy atom. The van der Waals surface area contributed by atoms with E-state index in [0.29, 0.717) is 0 Å². The molecule has 3 aromatic rings. The van der Waals surface area contributed by atoms with E-state index >= 15 is 0 Å². The summed E-state index contributed by atoms with van der Waals surface area (Å²) in [6, 6.07) is 20.3. The summed E-state index contributed by atoms with van der Waals surface area (Å²) < 4.78 is 11.8. The summed E-state index contributed by atoms with van der Waals surface area (Å²) >= 11 is 7.40. The van der Waals surface area contributed by atoms with Crippen molar-refractivity contribution in [2.45, 2.75) is 22.1 Å². The minimum absolute atomic E-state index is 0.0523. The van der Waals surface area contributed by atoms with Crippen LogP contribution in [-0.2, 0) is 4.74 Å². The molecular formula is C24H26N4O2S2.